The molecule has 0 unspecified atom stereocenters. The van der Waals surface area contributed by atoms with Crippen molar-refractivity contribution >= 4 is 21.7 Å². The van der Waals surface area contributed by atoms with E-state index in [9.17, 15) is 18.0 Å². The zero-order valence-corrected chi connectivity index (χ0v) is 15.7. The van der Waals surface area contributed by atoms with E-state index >= 15 is 0 Å². The first-order chi connectivity index (χ1) is 13.5. The van der Waals surface area contributed by atoms with Crippen LogP contribution in [0.3, 0.4) is 0 Å². The van der Waals surface area contributed by atoms with Crippen LogP contribution < -0.4 is 10.3 Å². The second-order valence-corrected chi connectivity index (χ2v) is 7.78. The molecule has 7 nitrogen and oxygen atoms in total. The number of ketones is 1. The summed E-state index contributed by atoms with van der Waals surface area (Å²) in [4.78, 5) is 28.5. The van der Waals surface area contributed by atoms with E-state index in [0.717, 1.165) is 0 Å². The van der Waals surface area contributed by atoms with Crippen LogP contribution in [0.2, 0.25) is 0 Å². The summed E-state index contributed by atoms with van der Waals surface area (Å²) in [5.41, 5.74) is 3.13. The van der Waals surface area contributed by atoms with Crippen LogP contribution in [0.25, 0.3) is 0 Å². The number of allylic oxidation sites excluding steroid dienone is 2. The molecule has 0 fully saturated rings. The molecule has 0 saturated heterocycles. The number of hydrogen-bond acceptors (Lipinski definition) is 5. The largest absolute Gasteiger partial charge is 0.365 e. The summed E-state index contributed by atoms with van der Waals surface area (Å²) in [5, 5.41) is 0. The summed E-state index contributed by atoms with van der Waals surface area (Å²) in [6.07, 6.45) is 4.93. The highest BCUT2D eigenvalue weighted by atomic mass is 32.2. The van der Waals surface area contributed by atoms with Gasteiger partial charge in [0.2, 0.25) is 0 Å². The molecular weight excluding hydrogens is 378 g/mol. The van der Waals surface area contributed by atoms with Crippen LogP contribution in [0.5, 0.6) is 0 Å². The van der Waals surface area contributed by atoms with Gasteiger partial charge in [-0.15, -0.1) is 4.83 Å². The molecular formula is C20H19N3O4S. The summed E-state index contributed by atoms with van der Waals surface area (Å²) in [5.74, 6) is -0.655. The number of Topliss-reactive ketones (excluding diaryl/α,β-unsaturated/α-hetero) is 1. The molecule has 0 bridgehead atoms. The lowest BCUT2D eigenvalue weighted by molar-refractivity contribution is -0.118. The smallest absolute Gasteiger partial charge is 0.263 e. The van der Waals surface area contributed by atoms with Gasteiger partial charge in [-0.3, -0.25) is 15.0 Å². The fraction of sp³-hybridized carbons (Fsp3) is 0.100. The van der Waals surface area contributed by atoms with Crippen LogP contribution in [0.1, 0.15) is 10.4 Å². The number of carbonyl (C=O) groups is 2. The number of hydrogen-bond donors (Lipinski definition) is 2. The van der Waals surface area contributed by atoms with E-state index < -0.39 is 15.9 Å². The summed E-state index contributed by atoms with van der Waals surface area (Å²) < 4.78 is 24.3. The van der Waals surface area contributed by atoms with Gasteiger partial charge < -0.3 is 4.90 Å². The Balaban J connectivity index is 1.57. The maximum atomic E-state index is 12.3. The van der Waals surface area contributed by atoms with Crippen molar-refractivity contribution in [3.63, 3.8) is 0 Å². The summed E-state index contributed by atoms with van der Waals surface area (Å²) in [6, 6.07) is 16.6. The third-order valence-corrected chi connectivity index (χ3v) is 5.32. The van der Waals surface area contributed by atoms with E-state index in [1.807, 2.05) is 6.07 Å². The minimum Gasteiger partial charge on any atom is -0.365 e. The maximum Gasteiger partial charge on any atom is 0.263 e. The van der Waals surface area contributed by atoms with E-state index in [2.05, 4.69) is 10.3 Å². The fourth-order valence-corrected chi connectivity index (χ4v) is 3.47. The van der Waals surface area contributed by atoms with Gasteiger partial charge in [0.1, 0.15) is 0 Å². The Morgan fingerprint density at radius 3 is 2.29 bits per heavy atom. The molecule has 0 saturated carbocycles. The van der Waals surface area contributed by atoms with Gasteiger partial charge in [-0.1, -0.05) is 54.6 Å². The highest BCUT2D eigenvalue weighted by Gasteiger charge is 2.20. The van der Waals surface area contributed by atoms with Gasteiger partial charge in [0.25, 0.3) is 15.9 Å². The number of hydrazine groups is 1. The Kier molecular flexibility index (Phi) is 6.03. The first-order valence-electron chi connectivity index (χ1n) is 8.52. The van der Waals surface area contributed by atoms with Crippen LogP contribution in [-0.2, 0) is 14.8 Å². The number of sulfonamides is 1. The molecule has 1 aliphatic heterocycles. The van der Waals surface area contributed by atoms with Crippen LogP contribution >= 0.6 is 0 Å². The molecule has 2 N–H and O–H groups in total. The van der Waals surface area contributed by atoms with Crippen LogP contribution in [0.4, 0.5) is 0 Å². The highest BCUT2D eigenvalue weighted by Crippen LogP contribution is 2.10. The quantitative estimate of drug-likeness (QED) is 0.547. The monoisotopic (exact) mass is 397 g/mol. The van der Waals surface area contributed by atoms with E-state index in [-0.39, 0.29) is 23.8 Å². The molecule has 0 spiro atoms. The summed E-state index contributed by atoms with van der Waals surface area (Å²) in [6.45, 7) is 0.300. The van der Waals surface area contributed by atoms with Crippen molar-refractivity contribution in [3.8, 4) is 0 Å². The number of carbonyl (C=O) groups excluding carboxylic acids is 2. The molecule has 2 aromatic rings. The molecule has 1 amide bonds. The van der Waals surface area contributed by atoms with E-state index in [1.54, 1.807) is 65.7 Å². The Morgan fingerprint density at radius 2 is 1.61 bits per heavy atom. The molecule has 0 aliphatic carbocycles. The lowest BCUT2D eigenvalue weighted by Crippen LogP contribution is -2.44. The second-order valence-electron chi connectivity index (χ2n) is 6.10. The molecule has 28 heavy (non-hydrogen) atoms. The first-order valence-corrected chi connectivity index (χ1v) is 10.0. The molecule has 1 heterocycles. The number of rotatable bonds is 7. The van der Waals surface area contributed by atoms with E-state index in [0.29, 0.717) is 11.1 Å². The van der Waals surface area contributed by atoms with Gasteiger partial charge in [0, 0.05) is 17.7 Å². The SMILES string of the molecule is O=C(NNS(=O)(=O)c1ccccc1)C1=CC=CN(CC(=O)c2ccccc2)C1. The Hall–Kier alpha value is -3.23. The Labute approximate surface area is 163 Å². The lowest BCUT2D eigenvalue weighted by Gasteiger charge is -2.23. The number of nitrogens with zero attached hydrogens (tertiary/aromatic N) is 1. The van der Waals surface area contributed by atoms with Crippen LogP contribution in [0.15, 0.2) is 89.5 Å². The normalized spacial score (nSPS) is 13.7. The van der Waals surface area contributed by atoms with Gasteiger partial charge in [-0.2, -0.15) is 0 Å². The predicted octanol–water partition coefficient (Wildman–Crippen LogP) is 1.63. The average molecular weight is 397 g/mol. The van der Waals surface area contributed by atoms with E-state index in [1.165, 1.54) is 12.1 Å². The minimum absolute atomic E-state index is 0.0444. The highest BCUT2D eigenvalue weighted by molar-refractivity contribution is 7.89. The first kappa shape index (κ1) is 19.5. The molecule has 3 rings (SSSR count). The third-order valence-electron chi connectivity index (χ3n) is 4.05. The van der Waals surface area contributed by atoms with Crippen molar-refractivity contribution in [2.75, 3.05) is 13.1 Å². The van der Waals surface area contributed by atoms with Crippen molar-refractivity contribution in [2.24, 2.45) is 0 Å². The predicted molar refractivity (Wildman–Crippen MR) is 104 cm³/mol. The van der Waals surface area contributed by atoms with Gasteiger partial charge >= 0.3 is 0 Å². The molecule has 144 valence electrons. The maximum absolute atomic E-state index is 12.3. The Bertz CT molecular complexity index is 1020. The van der Waals surface area contributed by atoms with Gasteiger partial charge in [0.15, 0.2) is 5.78 Å². The van der Waals surface area contributed by atoms with Crippen molar-refractivity contribution in [1.29, 1.82) is 0 Å². The van der Waals surface area contributed by atoms with Gasteiger partial charge in [0.05, 0.1) is 11.4 Å². The molecule has 0 aromatic heterocycles. The average Bonchev–Trinajstić information content (AvgIpc) is 2.73. The zero-order chi connectivity index (χ0) is 20.0. The van der Waals surface area contributed by atoms with Crippen LogP contribution in [-0.4, -0.2) is 38.1 Å². The van der Waals surface area contributed by atoms with E-state index in [4.69, 9.17) is 0 Å². The lowest BCUT2D eigenvalue weighted by atomic mass is 10.1. The number of nitrogens with one attached hydrogen (secondary N) is 2. The molecule has 8 heteroatoms. The van der Waals surface area contributed by atoms with Crippen LogP contribution in [0, 0.1) is 0 Å². The summed E-state index contributed by atoms with van der Waals surface area (Å²) in [7, 11) is -3.86. The molecule has 0 radical (unpaired) electrons. The summed E-state index contributed by atoms with van der Waals surface area (Å²) >= 11 is 0. The molecule has 2 aromatic carbocycles. The third kappa shape index (κ3) is 4.93. The zero-order valence-electron chi connectivity index (χ0n) is 14.9. The Morgan fingerprint density at radius 1 is 0.964 bits per heavy atom. The number of benzene rings is 2. The van der Waals surface area contributed by atoms with Crippen molar-refractivity contribution < 1.29 is 18.0 Å². The van der Waals surface area contributed by atoms with Gasteiger partial charge in [-0.25, -0.2) is 8.42 Å². The molecule has 1 aliphatic rings. The number of amides is 1. The van der Waals surface area contributed by atoms with Crippen molar-refractivity contribution in [1.82, 2.24) is 15.2 Å². The second kappa shape index (κ2) is 8.64. The van der Waals surface area contributed by atoms with Crippen molar-refractivity contribution in [2.45, 2.75) is 4.90 Å². The standard InChI is InChI=1S/C20H19N3O4S/c24-19(16-8-3-1-4-9-16)15-23-13-7-10-17(14-23)20(25)21-22-28(26,27)18-11-5-2-6-12-18/h1-13,22H,14-15H2,(H,21,25). The topological polar surface area (TPSA) is 95.6 Å². The molecule has 0 atom stereocenters. The fourth-order valence-electron chi connectivity index (χ4n) is 2.61. The van der Waals surface area contributed by atoms with Gasteiger partial charge in [-0.05, 0) is 24.4 Å². The minimum atomic E-state index is -3.86. The van der Waals surface area contributed by atoms with Crippen molar-refractivity contribution in [3.05, 3.63) is 90.2 Å².